The third kappa shape index (κ3) is 1.31. The summed E-state index contributed by atoms with van der Waals surface area (Å²) in [6.07, 6.45) is 2.89. The van der Waals surface area contributed by atoms with E-state index in [1.807, 2.05) is 11.6 Å². The molecule has 2 nitrogen and oxygen atoms in total. The zero-order valence-electron chi connectivity index (χ0n) is 7.61. The largest absolute Gasteiger partial charge is 0.398 e. The summed E-state index contributed by atoms with van der Waals surface area (Å²) in [5.41, 5.74) is 7.35. The number of benzene rings is 1. The first-order valence-electron chi connectivity index (χ1n) is 4.06. The third-order valence-corrected chi connectivity index (χ3v) is 4.04. The Kier molecular flexibility index (Phi) is 2.48. The van der Waals surface area contributed by atoms with Gasteiger partial charge in [-0.05, 0) is 18.4 Å². The van der Waals surface area contributed by atoms with E-state index in [9.17, 15) is 4.79 Å². The van der Waals surface area contributed by atoms with E-state index < -0.39 is 0 Å². The molecule has 0 radical (unpaired) electrons. The molecule has 72 valence electrons. The van der Waals surface area contributed by atoms with Crippen LogP contribution in [0.4, 0.5) is 5.69 Å². The standard InChI is InChI=1S/C10H9NOS2/c1-13-8-5-14-10-6(4-12)2-3-7(11)9(8)10/h2-5H,11H2,1H3. The minimum absolute atomic E-state index is 0.722. The minimum atomic E-state index is 0.722. The van der Waals surface area contributed by atoms with Crippen LogP contribution in [0.5, 0.6) is 0 Å². The van der Waals surface area contributed by atoms with E-state index >= 15 is 0 Å². The monoisotopic (exact) mass is 223 g/mol. The van der Waals surface area contributed by atoms with Crippen LogP contribution in [-0.2, 0) is 0 Å². The minimum Gasteiger partial charge on any atom is -0.398 e. The normalized spacial score (nSPS) is 10.6. The molecule has 0 saturated heterocycles. The zero-order chi connectivity index (χ0) is 10.1. The fourth-order valence-corrected chi connectivity index (χ4v) is 3.37. The van der Waals surface area contributed by atoms with Crippen molar-refractivity contribution in [3.63, 3.8) is 0 Å². The van der Waals surface area contributed by atoms with Crippen molar-refractivity contribution in [3.8, 4) is 0 Å². The highest BCUT2D eigenvalue weighted by Crippen LogP contribution is 2.37. The van der Waals surface area contributed by atoms with E-state index in [2.05, 4.69) is 0 Å². The summed E-state index contributed by atoms with van der Waals surface area (Å²) in [7, 11) is 0. The second-order valence-corrected chi connectivity index (χ2v) is 4.60. The van der Waals surface area contributed by atoms with E-state index in [4.69, 9.17) is 5.73 Å². The first kappa shape index (κ1) is 9.55. The summed E-state index contributed by atoms with van der Waals surface area (Å²) in [5, 5.41) is 3.06. The summed E-state index contributed by atoms with van der Waals surface area (Å²) in [4.78, 5) is 11.9. The van der Waals surface area contributed by atoms with E-state index in [0.717, 1.165) is 32.5 Å². The van der Waals surface area contributed by atoms with Crippen LogP contribution in [-0.4, -0.2) is 12.5 Å². The molecule has 0 unspecified atom stereocenters. The van der Waals surface area contributed by atoms with Gasteiger partial charge in [0.2, 0.25) is 0 Å². The Balaban J connectivity index is 2.86. The lowest BCUT2D eigenvalue weighted by Gasteiger charge is -2.00. The van der Waals surface area contributed by atoms with Crippen molar-refractivity contribution in [2.24, 2.45) is 0 Å². The fraction of sp³-hybridized carbons (Fsp3) is 0.100. The molecule has 1 aromatic carbocycles. The molecule has 2 aromatic rings. The molecule has 0 aliphatic rings. The number of fused-ring (bicyclic) bond motifs is 1. The molecule has 0 saturated carbocycles. The maximum atomic E-state index is 10.8. The molecule has 14 heavy (non-hydrogen) atoms. The van der Waals surface area contributed by atoms with Gasteiger partial charge >= 0.3 is 0 Å². The van der Waals surface area contributed by atoms with Crippen molar-refractivity contribution in [3.05, 3.63) is 23.1 Å². The Labute approximate surface area is 90.1 Å². The third-order valence-electron chi connectivity index (χ3n) is 2.10. The van der Waals surface area contributed by atoms with Crippen LogP contribution < -0.4 is 5.73 Å². The highest BCUT2D eigenvalue weighted by Gasteiger charge is 2.09. The van der Waals surface area contributed by atoms with Gasteiger partial charge in [0.25, 0.3) is 0 Å². The van der Waals surface area contributed by atoms with Crippen LogP contribution in [0.1, 0.15) is 10.4 Å². The number of nitrogens with two attached hydrogens (primary N) is 1. The van der Waals surface area contributed by atoms with Crippen LogP contribution in [0, 0.1) is 0 Å². The van der Waals surface area contributed by atoms with Gasteiger partial charge in [-0.15, -0.1) is 23.1 Å². The van der Waals surface area contributed by atoms with Gasteiger partial charge in [-0.1, -0.05) is 0 Å². The number of carbonyl (C=O) groups excluding carboxylic acids is 1. The molecular formula is C10H9NOS2. The van der Waals surface area contributed by atoms with Gasteiger partial charge in [0.05, 0.1) is 0 Å². The van der Waals surface area contributed by atoms with E-state index in [-0.39, 0.29) is 0 Å². The van der Waals surface area contributed by atoms with Crippen LogP contribution in [0.25, 0.3) is 10.1 Å². The summed E-state index contributed by atoms with van der Waals surface area (Å²) >= 11 is 3.22. The molecule has 1 aromatic heterocycles. The Hall–Kier alpha value is -1.00. The zero-order valence-corrected chi connectivity index (χ0v) is 9.24. The first-order chi connectivity index (χ1) is 6.77. The predicted octanol–water partition coefficient (Wildman–Crippen LogP) is 3.02. The van der Waals surface area contributed by atoms with Gasteiger partial charge in [0, 0.05) is 31.6 Å². The SMILES string of the molecule is CSc1csc2c(C=O)ccc(N)c12. The van der Waals surface area contributed by atoms with Crippen molar-refractivity contribution in [1.29, 1.82) is 0 Å². The summed E-state index contributed by atoms with van der Waals surface area (Å²) in [6, 6.07) is 3.56. The van der Waals surface area contributed by atoms with Crippen LogP contribution in [0.15, 0.2) is 22.4 Å². The highest BCUT2D eigenvalue weighted by atomic mass is 32.2. The lowest BCUT2D eigenvalue weighted by atomic mass is 10.1. The molecule has 0 fully saturated rings. The number of anilines is 1. The number of hydrogen-bond donors (Lipinski definition) is 1. The Morgan fingerprint density at radius 2 is 2.29 bits per heavy atom. The van der Waals surface area contributed by atoms with Crippen molar-refractivity contribution < 1.29 is 4.79 Å². The van der Waals surface area contributed by atoms with Gasteiger partial charge in [-0.3, -0.25) is 4.79 Å². The molecule has 0 atom stereocenters. The van der Waals surface area contributed by atoms with Crippen molar-refractivity contribution in [1.82, 2.24) is 0 Å². The quantitative estimate of drug-likeness (QED) is 0.483. The van der Waals surface area contributed by atoms with Crippen molar-refractivity contribution in [2.45, 2.75) is 4.90 Å². The molecule has 1 heterocycles. The second kappa shape index (κ2) is 3.63. The average Bonchev–Trinajstić information content (AvgIpc) is 2.63. The number of thiophene rings is 1. The second-order valence-electron chi connectivity index (χ2n) is 2.87. The number of thioether (sulfide) groups is 1. The summed E-state index contributed by atoms with van der Waals surface area (Å²) < 4.78 is 0.990. The lowest BCUT2D eigenvalue weighted by molar-refractivity contribution is 0.112. The maximum absolute atomic E-state index is 10.8. The molecule has 4 heteroatoms. The van der Waals surface area contributed by atoms with Crippen molar-refractivity contribution in [2.75, 3.05) is 12.0 Å². The number of nitrogen functional groups attached to an aromatic ring is 1. The van der Waals surface area contributed by atoms with Gasteiger partial charge in [0.1, 0.15) is 0 Å². The number of hydrogen-bond acceptors (Lipinski definition) is 4. The summed E-state index contributed by atoms with van der Waals surface area (Å²) in [5.74, 6) is 0. The van der Waals surface area contributed by atoms with E-state index in [0.29, 0.717) is 0 Å². The first-order valence-corrected chi connectivity index (χ1v) is 6.17. The predicted molar refractivity (Wildman–Crippen MR) is 63.4 cm³/mol. The number of aldehydes is 1. The fourth-order valence-electron chi connectivity index (χ4n) is 1.41. The molecule has 0 aliphatic heterocycles. The highest BCUT2D eigenvalue weighted by molar-refractivity contribution is 7.99. The van der Waals surface area contributed by atoms with Crippen LogP contribution in [0.2, 0.25) is 0 Å². The molecule has 2 N–H and O–H groups in total. The number of carbonyl (C=O) groups is 1. The smallest absolute Gasteiger partial charge is 0.151 e. The van der Waals surface area contributed by atoms with Crippen LogP contribution >= 0.6 is 23.1 Å². The molecule has 0 aliphatic carbocycles. The van der Waals surface area contributed by atoms with Gasteiger partial charge in [-0.25, -0.2) is 0 Å². The lowest BCUT2D eigenvalue weighted by Crippen LogP contribution is -1.88. The topological polar surface area (TPSA) is 43.1 Å². The Bertz CT molecular complexity index is 490. The van der Waals surface area contributed by atoms with E-state index in [1.165, 1.54) is 0 Å². The Morgan fingerprint density at radius 1 is 1.50 bits per heavy atom. The molecule has 0 spiro atoms. The maximum Gasteiger partial charge on any atom is 0.151 e. The van der Waals surface area contributed by atoms with Crippen molar-refractivity contribution >= 4 is 45.2 Å². The number of rotatable bonds is 2. The van der Waals surface area contributed by atoms with Gasteiger partial charge < -0.3 is 5.73 Å². The average molecular weight is 223 g/mol. The van der Waals surface area contributed by atoms with E-state index in [1.54, 1.807) is 35.2 Å². The molecule has 0 amide bonds. The molecule has 0 bridgehead atoms. The Morgan fingerprint density at radius 3 is 2.93 bits per heavy atom. The summed E-state index contributed by atoms with van der Waals surface area (Å²) in [6.45, 7) is 0. The van der Waals surface area contributed by atoms with Gasteiger partial charge in [0.15, 0.2) is 6.29 Å². The molecule has 2 rings (SSSR count). The van der Waals surface area contributed by atoms with Gasteiger partial charge in [-0.2, -0.15) is 0 Å². The van der Waals surface area contributed by atoms with Crippen LogP contribution in [0.3, 0.4) is 0 Å². The molecular weight excluding hydrogens is 214 g/mol.